The molecule has 19 heavy (non-hydrogen) atoms. The molecule has 4 nitrogen and oxygen atoms in total. The Balaban J connectivity index is 2.01. The molecule has 1 aromatic heterocycles. The van der Waals surface area contributed by atoms with Crippen molar-refractivity contribution >= 4 is 22.9 Å². The molecular formula is C14H17N3OS. The molecule has 0 aliphatic carbocycles. The lowest BCUT2D eigenvalue weighted by molar-refractivity contribution is -0.116. The number of hydrogen-bond acceptors (Lipinski definition) is 4. The second kappa shape index (κ2) is 6.45. The number of aromatic nitrogens is 1. The van der Waals surface area contributed by atoms with Crippen molar-refractivity contribution in [1.29, 1.82) is 0 Å². The summed E-state index contributed by atoms with van der Waals surface area (Å²) in [7, 11) is 0. The SMILES string of the molecule is CC(N)CCC(=O)Nc1cccc(-c2nccs2)c1. The highest BCUT2D eigenvalue weighted by Gasteiger charge is 2.06. The van der Waals surface area contributed by atoms with Gasteiger partial charge in [-0.15, -0.1) is 11.3 Å². The van der Waals surface area contributed by atoms with Gasteiger partial charge in [-0.05, 0) is 25.5 Å². The first-order chi connectivity index (χ1) is 9.15. The van der Waals surface area contributed by atoms with Gasteiger partial charge in [0.2, 0.25) is 5.91 Å². The molecule has 1 atom stereocenters. The van der Waals surface area contributed by atoms with E-state index in [1.54, 1.807) is 17.5 Å². The van der Waals surface area contributed by atoms with E-state index in [-0.39, 0.29) is 11.9 Å². The highest BCUT2D eigenvalue weighted by molar-refractivity contribution is 7.13. The third-order valence-corrected chi connectivity index (χ3v) is 3.47. The van der Waals surface area contributed by atoms with Gasteiger partial charge in [0.05, 0.1) is 0 Å². The van der Waals surface area contributed by atoms with Gasteiger partial charge in [0.15, 0.2) is 0 Å². The summed E-state index contributed by atoms with van der Waals surface area (Å²) in [6, 6.07) is 7.75. The van der Waals surface area contributed by atoms with E-state index in [4.69, 9.17) is 5.73 Å². The smallest absolute Gasteiger partial charge is 0.224 e. The first kappa shape index (κ1) is 13.7. The lowest BCUT2D eigenvalue weighted by Crippen LogP contribution is -2.19. The summed E-state index contributed by atoms with van der Waals surface area (Å²) in [5, 5.41) is 5.77. The fraction of sp³-hybridized carbons (Fsp3) is 0.286. The van der Waals surface area contributed by atoms with Crippen LogP contribution in [0.25, 0.3) is 10.6 Å². The van der Waals surface area contributed by atoms with E-state index in [1.165, 1.54) is 0 Å². The quantitative estimate of drug-likeness (QED) is 0.881. The number of hydrogen-bond donors (Lipinski definition) is 2. The predicted molar refractivity (Wildman–Crippen MR) is 79.1 cm³/mol. The molecule has 2 rings (SSSR count). The number of carbonyl (C=O) groups is 1. The molecule has 1 heterocycles. The van der Waals surface area contributed by atoms with Crippen LogP contribution in [0.3, 0.4) is 0 Å². The summed E-state index contributed by atoms with van der Waals surface area (Å²) in [6.07, 6.45) is 2.91. The monoisotopic (exact) mass is 275 g/mol. The van der Waals surface area contributed by atoms with Gasteiger partial charge in [0.1, 0.15) is 5.01 Å². The van der Waals surface area contributed by atoms with Crippen LogP contribution >= 0.6 is 11.3 Å². The van der Waals surface area contributed by atoms with Crippen molar-refractivity contribution in [3.63, 3.8) is 0 Å². The first-order valence-corrected chi connectivity index (χ1v) is 7.08. The maximum atomic E-state index is 11.7. The average Bonchev–Trinajstić information content (AvgIpc) is 2.90. The number of nitrogens with two attached hydrogens (primary N) is 1. The standard InChI is InChI=1S/C14H17N3OS/c1-10(15)5-6-13(18)17-12-4-2-3-11(9-12)14-16-7-8-19-14/h2-4,7-10H,5-6,15H2,1H3,(H,17,18). The van der Waals surface area contributed by atoms with Crippen LogP contribution in [0, 0.1) is 0 Å². The maximum Gasteiger partial charge on any atom is 0.224 e. The van der Waals surface area contributed by atoms with Gasteiger partial charge in [-0.2, -0.15) is 0 Å². The van der Waals surface area contributed by atoms with Crippen LogP contribution < -0.4 is 11.1 Å². The van der Waals surface area contributed by atoms with E-state index in [1.807, 2.05) is 36.6 Å². The summed E-state index contributed by atoms with van der Waals surface area (Å²) < 4.78 is 0. The van der Waals surface area contributed by atoms with Crippen molar-refractivity contribution in [2.75, 3.05) is 5.32 Å². The Morgan fingerprint density at radius 3 is 3.05 bits per heavy atom. The van der Waals surface area contributed by atoms with Crippen LogP contribution in [0.1, 0.15) is 19.8 Å². The van der Waals surface area contributed by atoms with Gasteiger partial charge in [-0.3, -0.25) is 4.79 Å². The second-order valence-electron chi connectivity index (χ2n) is 4.48. The third-order valence-electron chi connectivity index (χ3n) is 2.65. The van der Waals surface area contributed by atoms with Crippen LogP contribution in [0.15, 0.2) is 35.8 Å². The summed E-state index contributed by atoms with van der Waals surface area (Å²) in [5.74, 6) is -0.00594. The van der Waals surface area contributed by atoms with Crippen molar-refractivity contribution in [2.24, 2.45) is 5.73 Å². The molecule has 0 bridgehead atoms. The van der Waals surface area contributed by atoms with Crippen molar-refractivity contribution < 1.29 is 4.79 Å². The Bertz CT molecular complexity index is 537. The van der Waals surface area contributed by atoms with E-state index in [0.717, 1.165) is 16.3 Å². The number of anilines is 1. The van der Waals surface area contributed by atoms with Crippen molar-refractivity contribution in [3.05, 3.63) is 35.8 Å². The lowest BCUT2D eigenvalue weighted by atomic mass is 10.1. The van der Waals surface area contributed by atoms with Crippen LogP contribution in [0.2, 0.25) is 0 Å². The zero-order valence-electron chi connectivity index (χ0n) is 10.8. The van der Waals surface area contributed by atoms with Crippen molar-refractivity contribution in [3.8, 4) is 10.6 Å². The zero-order chi connectivity index (χ0) is 13.7. The molecule has 0 aliphatic rings. The van der Waals surface area contributed by atoms with Crippen molar-refractivity contribution in [2.45, 2.75) is 25.8 Å². The normalized spacial score (nSPS) is 12.1. The van der Waals surface area contributed by atoms with Gasteiger partial charge in [-0.25, -0.2) is 4.98 Å². The molecule has 1 aromatic carbocycles. The number of rotatable bonds is 5. The minimum atomic E-state index is -0.00594. The summed E-state index contributed by atoms with van der Waals surface area (Å²) in [5.41, 5.74) is 7.44. The fourth-order valence-electron chi connectivity index (χ4n) is 1.68. The molecule has 100 valence electrons. The van der Waals surface area contributed by atoms with E-state index >= 15 is 0 Å². The van der Waals surface area contributed by atoms with E-state index in [0.29, 0.717) is 12.8 Å². The largest absolute Gasteiger partial charge is 0.328 e. The van der Waals surface area contributed by atoms with Crippen LogP contribution in [-0.4, -0.2) is 16.9 Å². The molecule has 0 spiro atoms. The Hall–Kier alpha value is -1.72. The minimum absolute atomic E-state index is 0.00594. The maximum absolute atomic E-state index is 11.7. The summed E-state index contributed by atoms with van der Waals surface area (Å²) in [4.78, 5) is 16.0. The average molecular weight is 275 g/mol. The van der Waals surface area contributed by atoms with Crippen molar-refractivity contribution in [1.82, 2.24) is 4.98 Å². The highest BCUT2D eigenvalue weighted by atomic mass is 32.1. The minimum Gasteiger partial charge on any atom is -0.328 e. The van der Waals surface area contributed by atoms with Crippen LogP contribution in [-0.2, 0) is 4.79 Å². The van der Waals surface area contributed by atoms with E-state index < -0.39 is 0 Å². The Morgan fingerprint density at radius 1 is 1.53 bits per heavy atom. The van der Waals surface area contributed by atoms with Crippen LogP contribution in [0.5, 0.6) is 0 Å². The third kappa shape index (κ3) is 4.15. The predicted octanol–water partition coefficient (Wildman–Crippen LogP) is 2.88. The number of nitrogens with zero attached hydrogens (tertiary/aromatic N) is 1. The van der Waals surface area contributed by atoms with Gasteiger partial charge in [-0.1, -0.05) is 12.1 Å². The summed E-state index contributed by atoms with van der Waals surface area (Å²) in [6.45, 7) is 1.90. The molecule has 5 heteroatoms. The highest BCUT2D eigenvalue weighted by Crippen LogP contribution is 2.24. The molecule has 0 aliphatic heterocycles. The van der Waals surface area contributed by atoms with E-state index in [2.05, 4.69) is 10.3 Å². The molecule has 0 radical (unpaired) electrons. The van der Waals surface area contributed by atoms with Crippen LogP contribution in [0.4, 0.5) is 5.69 Å². The molecule has 0 saturated heterocycles. The number of carbonyl (C=O) groups excluding carboxylic acids is 1. The lowest BCUT2D eigenvalue weighted by Gasteiger charge is -2.07. The number of nitrogens with one attached hydrogen (secondary N) is 1. The molecular weight excluding hydrogens is 258 g/mol. The van der Waals surface area contributed by atoms with Gasteiger partial charge in [0.25, 0.3) is 0 Å². The van der Waals surface area contributed by atoms with Gasteiger partial charge < -0.3 is 11.1 Å². The van der Waals surface area contributed by atoms with Gasteiger partial charge in [0, 0.05) is 35.3 Å². The van der Waals surface area contributed by atoms with E-state index in [9.17, 15) is 4.79 Å². The Morgan fingerprint density at radius 2 is 2.37 bits per heavy atom. The fourth-order valence-corrected chi connectivity index (χ4v) is 2.31. The Kier molecular flexibility index (Phi) is 4.65. The molecule has 1 unspecified atom stereocenters. The van der Waals surface area contributed by atoms with Gasteiger partial charge >= 0.3 is 0 Å². The molecule has 3 N–H and O–H groups in total. The number of benzene rings is 1. The molecule has 0 fully saturated rings. The zero-order valence-corrected chi connectivity index (χ0v) is 11.6. The second-order valence-corrected chi connectivity index (χ2v) is 5.38. The number of amides is 1. The number of thiazole rings is 1. The molecule has 1 amide bonds. The Labute approximate surface area is 116 Å². The molecule has 0 saturated carbocycles. The first-order valence-electron chi connectivity index (χ1n) is 6.20. The molecule has 2 aromatic rings. The summed E-state index contributed by atoms with van der Waals surface area (Å²) >= 11 is 1.58. The topological polar surface area (TPSA) is 68.0 Å².